The topological polar surface area (TPSA) is 45.2 Å². The van der Waals surface area contributed by atoms with Crippen LogP contribution >= 0.6 is 23.2 Å². The van der Waals surface area contributed by atoms with Crippen LogP contribution in [0.4, 0.5) is 11.5 Å². The maximum atomic E-state index is 13.6. The molecule has 0 saturated carbocycles. The van der Waals surface area contributed by atoms with Crippen LogP contribution in [-0.4, -0.2) is 10.9 Å². The lowest BCUT2D eigenvalue weighted by Gasteiger charge is -2.38. The number of benzene rings is 3. The van der Waals surface area contributed by atoms with Crippen molar-refractivity contribution in [1.82, 2.24) is 4.98 Å². The molecule has 29 heavy (non-hydrogen) atoms. The van der Waals surface area contributed by atoms with E-state index < -0.39 is 6.17 Å². The van der Waals surface area contributed by atoms with Gasteiger partial charge in [0.15, 0.2) is 0 Å². The molecule has 4 nitrogen and oxygen atoms in total. The zero-order valence-electron chi connectivity index (χ0n) is 15.1. The van der Waals surface area contributed by atoms with Gasteiger partial charge in [-0.1, -0.05) is 71.7 Å². The normalized spacial score (nSPS) is 15.9. The zero-order valence-corrected chi connectivity index (χ0v) is 16.7. The molecule has 1 aliphatic rings. The molecule has 5 rings (SSSR count). The summed E-state index contributed by atoms with van der Waals surface area (Å²) in [6, 6.07) is 24.5. The number of nitrogens with zero attached hydrogens (tertiary/aromatic N) is 2. The third-order valence-electron chi connectivity index (χ3n) is 5.02. The Hall–Kier alpha value is -3.08. The summed E-state index contributed by atoms with van der Waals surface area (Å²) in [7, 11) is 0. The highest BCUT2D eigenvalue weighted by atomic mass is 35.5. The van der Waals surface area contributed by atoms with Crippen LogP contribution in [0.3, 0.4) is 0 Å². The molecule has 1 aromatic heterocycles. The SMILES string of the molecule is O=C1c2cc3ccccc3nc2N[C@H](c2cccc(Cl)c2Cl)N1c1ccccc1. The van der Waals surface area contributed by atoms with Crippen LogP contribution in [-0.2, 0) is 0 Å². The van der Waals surface area contributed by atoms with Gasteiger partial charge in [0, 0.05) is 16.6 Å². The molecule has 6 heteroatoms. The van der Waals surface area contributed by atoms with Crippen LogP contribution in [0.15, 0.2) is 78.9 Å². The van der Waals surface area contributed by atoms with Gasteiger partial charge in [-0.15, -0.1) is 0 Å². The minimum Gasteiger partial charge on any atom is -0.345 e. The Morgan fingerprint density at radius 1 is 0.897 bits per heavy atom. The predicted octanol–water partition coefficient (Wildman–Crippen LogP) is 6.31. The van der Waals surface area contributed by atoms with Gasteiger partial charge in [-0.05, 0) is 30.3 Å². The van der Waals surface area contributed by atoms with Crippen molar-refractivity contribution in [2.45, 2.75) is 6.17 Å². The molecule has 1 aliphatic heterocycles. The number of rotatable bonds is 2. The molecule has 1 N–H and O–H groups in total. The molecule has 1 atom stereocenters. The van der Waals surface area contributed by atoms with Crippen molar-refractivity contribution >= 4 is 51.5 Å². The van der Waals surface area contributed by atoms with Crippen molar-refractivity contribution in [2.75, 3.05) is 10.2 Å². The van der Waals surface area contributed by atoms with Gasteiger partial charge >= 0.3 is 0 Å². The van der Waals surface area contributed by atoms with Crippen molar-refractivity contribution < 1.29 is 4.79 Å². The summed E-state index contributed by atoms with van der Waals surface area (Å²) in [5.74, 6) is 0.381. The van der Waals surface area contributed by atoms with Crippen molar-refractivity contribution in [3.05, 3.63) is 100 Å². The predicted molar refractivity (Wildman–Crippen MR) is 118 cm³/mol. The fraction of sp³-hybridized carbons (Fsp3) is 0.0435. The molecule has 0 fully saturated rings. The van der Waals surface area contributed by atoms with Gasteiger partial charge in [0.2, 0.25) is 0 Å². The van der Waals surface area contributed by atoms with Crippen molar-refractivity contribution in [2.24, 2.45) is 0 Å². The standard InChI is InChI=1S/C23H15Cl2N3O/c24-18-11-6-10-16(20(18)25)22-27-21-17(13-14-7-4-5-12-19(14)26-21)23(29)28(22)15-8-2-1-3-9-15/h1-13,22H,(H,26,27)/t22-/m0/s1. The lowest BCUT2D eigenvalue weighted by Crippen LogP contribution is -2.43. The van der Waals surface area contributed by atoms with Gasteiger partial charge in [0.05, 0.1) is 21.1 Å². The maximum Gasteiger partial charge on any atom is 0.264 e. The number of carbonyl (C=O) groups excluding carboxylic acids is 1. The van der Waals surface area contributed by atoms with Gasteiger partial charge in [0.25, 0.3) is 5.91 Å². The molecule has 1 amide bonds. The number of amides is 1. The first-order chi connectivity index (χ1) is 14.1. The summed E-state index contributed by atoms with van der Waals surface area (Å²) in [4.78, 5) is 20.0. The van der Waals surface area contributed by atoms with E-state index in [2.05, 4.69) is 10.3 Å². The highest BCUT2D eigenvalue weighted by molar-refractivity contribution is 6.42. The number of pyridine rings is 1. The summed E-state index contributed by atoms with van der Waals surface area (Å²) in [5, 5.41) is 5.16. The summed E-state index contributed by atoms with van der Waals surface area (Å²) in [6.45, 7) is 0. The molecular formula is C23H15Cl2N3O. The van der Waals surface area contributed by atoms with Crippen LogP contribution in [0, 0.1) is 0 Å². The second kappa shape index (κ2) is 7.07. The van der Waals surface area contributed by atoms with Crippen molar-refractivity contribution in [3.63, 3.8) is 0 Å². The number of fused-ring (bicyclic) bond motifs is 2. The average Bonchev–Trinajstić information content (AvgIpc) is 2.75. The third kappa shape index (κ3) is 3.01. The molecule has 0 saturated heterocycles. The number of hydrogen-bond acceptors (Lipinski definition) is 3. The smallest absolute Gasteiger partial charge is 0.264 e. The van der Waals surface area contributed by atoms with E-state index in [0.29, 0.717) is 27.0 Å². The molecule has 3 aromatic carbocycles. The van der Waals surface area contributed by atoms with Gasteiger partial charge in [-0.3, -0.25) is 9.69 Å². The van der Waals surface area contributed by atoms with E-state index >= 15 is 0 Å². The maximum absolute atomic E-state index is 13.6. The van der Waals surface area contributed by atoms with Crippen molar-refractivity contribution in [3.8, 4) is 0 Å². The van der Waals surface area contributed by atoms with Gasteiger partial charge in [-0.2, -0.15) is 0 Å². The summed E-state index contributed by atoms with van der Waals surface area (Å²) in [5.41, 5.74) is 2.79. The number of hydrogen-bond donors (Lipinski definition) is 1. The van der Waals surface area contributed by atoms with Crippen LogP contribution < -0.4 is 10.2 Å². The fourth-order valence-electron chi connectivity index (χ4n) is 3.63. The highest BCUT2D eigenvalue weighted by Gasteiger charge is 2.36. The number of nitrogens with one attached hydrogen (secondary N) is 1. The van der Waals surface area contributed by atoms with Gasteiger partial charge in [0.1, 0.15) is 12.0 Å². The number of para-hydroxylation sites is 2. The van der Waals surface area contributed by atoms with Gasteiger partial charge < -0.3 is 5.32 Å². The monoisotopic (exact) mass is 419 g/mol. The van der Waals surface area contributed by atoms with E-state index in [4.69, 9.17) is 23.2 Å². The van der Waals surface area contributed by atoms with E-state index in [1.807, 2.05) is 72.8 Å². The Balaban J connectivity index is 1.73. The second-order valence-corrected chi connectivity index (χ2v) is 7.56. The fourth-order valence-corrected chi connectivity index (χ4v) is 4.04. The highest BCUT2D eigenvalue weighted by Crippen LogP contribution is 2.40. The Kier molecular flexibility index (Phi) is 4.38. The van der Waals surface area contributed by atoms with Crippen LogP contribution in [0.1, 0.15) is 22.1 Å². The molecule has 0 bridgehead atoms. The minimum atomic E-state index is -0.544. The van der Waals surface area contributed by atoms with E-state index in [1.165, 1.54) is 0 Å². The van der Waals surface area contributed by atoms with E-state index in [1.54, 1.807) is 11.0 Å². The number of halogens is 2. The summed E-state index contributed by atoms with van der Waals surface area (Å²) >= 11 is 12.8. The average molecular weight is 420 g/mol. The molecule has 0 unspecified atom stereocenters. The van der Waals surface area contributed by atoms with E-state index in [9.17, 15) is 4.79 Å². The second-order valence-electron chi connectivity index (χ2n) is 6.78. The lowest BCUT2D eigenvalue weighted by molar-refractivity contribution is 0.0974. The molecule has 4 aromatic rings. The lowest BCUT2D eigenvalue weighted by atomic mass is 10.0. The number of aromatic nitrogens is 1. The molecule has 0 aliphatic carbocycles. The van der Waals surface area contributed by atoms with Crippen LogP contribution in [0.25, 0.3) is 10.9 Å². The summed E-state index contributed by atoms with van der Waals surface area (Å²) in [6.07, 6.45) is -0.544. The Morgan fingerprint density at radius 2 is 1.66 bits per heavy atom. The molecule has 2 heterocycles. The molecule has 0 spiro atoms. The Labute approximate surface area is 177 Å². The first-order valence-electron chi connectivity index (χ1n) is 9.12. The summed E-state index contributed by atoms with van der Waals surface area (Å²) < 4.78 is 0. The first kappa shape index (κ1) is 18.0. The zero-order chi connectivity index (χ0) is 20.0. The number of carbonyl (C=O) groups is 1. The molecular weight excluding hydrogens is 405 g/mol. The third-order valence-corrected chi connectivity index (χ3v) is 5.85. The van der Waals surface area contributed by atoms with Gasteiger partial charge in [-0.25, -0.2) is 4.98 Å². The molecule has 0 radical (unpaired) electrons. The van der Waals surface area contributed by atoms with Crippen molar-refractivity contribution in [1.29, 1.82) is 0 Å². The minimum absolute atomic E-state index is 0.149. The van der Waals surface area contributed by atoms with E-state index in [-0.39, 0.29) is 5.91 Å². The van der Waals surface area contributed by atoms with Crippen LogP contribution in [0.5, 0.6) is 0 Å². The Morgan fingerprint density at radius 3 is 2.48 bits per heavy atom. The number of anilines is 2. The van der Waals surface area contributed by atoms with E-state index in [0.717, 1.165) is 16.6 Å². The van der Waals surface area contributed by atoms with Crippen LogP contribution in [0.2, 0.25) is 10.0 Å². The largest absolute Gasteiger partial charge is 0.345 e. The first-order valence-corrected chi connectivity index (χ1v) is 9.88. The quantitative estimate of drug-likeness (QED) is 0.413. The molecule has 142 valence electrons. The Bertz CT molecular complexity index is 1240.